The highest BCUT2D eigenvalue weighted by Crippen LogP contribution is 2.20. The number of carbonyl (C=O) groups is 1. The summed E-state index contributed by atoms with van der Waals surface area (Å²) in [6.07, 6.45) is 3.08. The van der Waals surface area contributed by atoms with Crippen LogP contribution in [0.1, 0.15) is 21.7 Å². The molecule has 100 valence electrons. The van der Waals surface area contributed by atoms with Crippen molar-refractivity contribution in [1.29, 1.82) is 0 Å². The van der Waals surface area contributed by atoms with Crippen LogP contribution in [0.5, 0.6) is 5.75 Å². The molecule has 0 radical (unpaired) electrons. The standard InChI is InChI=1S/C13H13FN2O3/c1-18-12-4-9(14)7-16-11(12)5-10-3-8(6-15-10)13(17)19-2/h3-4,6-7,15H,5H2,1-2H3. The maximum Gasteiger partial charge on any atom is 0.339 e. The second-order valence-corrected chi connectivity index (χ2v) is 3.88. The van der Waals surface area contributed by atoms with E-state index in [2.05, 4.69) is 14.7 Å². The Kier molecular flexibility index (Phi) is 3.79. The number of hydrogen-bond acceptors (Lipinski definition) is 4. The van der Waals surface area contributed by atoms with Crippen LogP contribution in [-0.2, 0) is 11.2 Å². The summed E-state index contributed by atoms with van der Waals surface area (Å²) in [6.45, 7) is 0. The number of pyridine rings is 1. The molecule has 0 aliphatic rings. The topological polar surface area (TPSA) is 64.2 Å². The average Bonchev–Trinajstić information content (AvgIpc) is 2.88. The highest BCUT2D eigenvalue weighted by Gasteiger charge is 2.11. The van der Waals surface area contributed by atoms with E-state index >= 15 is 0 Å². The van der Waals surface area contributed by atoms with Gasteiger partial charge in [-0.2, -0.15) is 0 Å². The van der Waals surface area contributed by atoms with Crippen molar-refractivity contribution in [2.24, 2.45) is 0 Å². The van der Waals surface area contributed by atoms with Crippen LogP contribution in [0.4, 0.5) is 4.39 Å². The molecule has 19 heavy (non-hydrogen) atoms. The molecule has 0 atom stereocenters. The van der Waals surface area contributed by atoms with Gasteiger partial charge in [0.25, 0.3) is 0 Å². The Morgan fingerprint density at radius 3 is 2.89 bits per heavy atom. The first kappa shape index (κ1) is 13.1. The first-order valence-corrected chi connectivity index (χ1v) is 5.58. The summed E-state index contributed by atoms with van der Waals surface area (Å²) in [6, 6.07) is 2.93. The number of methoxy groups -OCH3 is 2. The Morgan fingerprint density at radius 2 is 2.21 bits per heavy atom. The molecule has 0 fully saturated rings. The first-order valence-electron chi connectivity index (χ1n) is 5.58. The lowest BCUT2D eigenvalue weighted by Gasteiger charge is -2.06. The highest BCUT2D eigenvalue weighted by molar-refractivity contribution is 5.89. The molecule has 2 aromatic heterocycles. The maximum atomic E-state index is 13.0. The number of carbonyl (C=O) groups excluding carboxylic acids is 1. The summed E-state index contributed by atoms with van der Waals surface area (Å²) in [5.74, 6) is -0.502. The zero-order valence-electron chi connectivity index (χ0n) is 10.6. The summed E-state index contributed by atoms with van der Waals surface area (Å²) < 4.78 is 22.7. The number of H-pyrrole nitrogens is 1. The third kappa shape index (κ3) is 2.90. The number of aromatic nitrogens is 2. The van der Waals surface area contributed by atoms with Gasteiger partial charge in [0.05, 0.1) is 31.7 Å². The Morgan fingerprint density at radius 1 is 1.42 bits per heavy atom. The van der Waals surface area contributed by atoms with Crippen LogP contribution in [0.25, 0.3) is 0 Å². The summed E-state index contributed by atoms with van der Waals surface area (Å²) in [7, 11) is 2.77. The van der Waals surface area contributed by atoms with E-state index < -0.39 is 11.8 Å². The molecule has 0 unspecified atom stereocenters. The zero-order valence-corrected chi connectivity index (χ0v) is 10.6. The van der Waals surface area contributed by atoms with E-state index in [1.165, 1.54) is 20.3 Å². The third-order valence-electron chi connectivity index (χ3n) is 2.64. The number of hydrogen-bond donors (Lipinski definition) is 1. The van der Waals surface area contributed by atoms with Gasteiger partial charge in [0.15, 0.2) is 0 Å². The number of nitrogens with zero attached hydrogens (tertiary/aromatic N) is 1. The van der Waals surface area contributed by atoms with Gasteiger partial charge in [-0.1, -0.05) is 0 Å². The second-order valence-electron chi connectivity index (χ2n) is 3.88. The average molecular weight is 264 g/mol. The minimum atomic E-state index is -0.456. The van der Waals surface area contributed by atoms with Crippen molar-refractivity contribution in [1.82, 2.24) is 9.97 Å². The van der Waals surface area contributed by atoms with Crippen LogP contribution in [0.3, 0.4) is 0 Å². The monoisotopic (exact) mass is 264 g/mol. The fraction of sp³-hybridized carbons (Fsp3) is 0.231. The van der Waals surface area contributed by atoms with Gasteiger partial charge in [-0.25, -0.2) is 9.18 Å². The van der Waals surface area contributed by atoms with E-state index in [4.69, 9.17) is 4.74 Å². The summed E-state index contributed by atoms with van der Waals surface area (Å²) in [5.41, 5.74) is 1.78. The van der Waals surface area contributed by atoms with Crippen LogP contribution >= 0.6 is 0 Å². The van der Waals surface area contributed by atoms with Crippen LogP contribution < -0.4 is 4.74 Å². The molecule has 0 aliphatic carbocycles. The Bertz CT molecular complexity index is 595. The second kappa shape index (κ2) is 5.51. The van der Waals surface area contributed by atoms with Gasteiger partial charge in [-0.3, -0.25) is 4.98 Å². The number of esters is 1. The van der Waals surface area contributed by atoms with Crippen molar-refractivity contribution < 1.29 is 18.7 Å². The Hall–Kier alpha value is -2.37. The number of halogens is 1. The fourth-order valence-corrected chi connectivity index (χ4v) is 1.72. The molecule has 5 nitrogen and oxygen atoms in total. The smallest absolute Gasteiger partial charge is 0.339 e. The molecule has 6 heteroatoms. The highest BCUT2D eigenvalue weighted by atomic mass is 19.1. The normalized spacial score (nSPS) is 10.3. The van der Waals surface area contributed by atoms with E-state index in [0.717, 1.165) is 11.9 Å². The SMILES string of the molecule is COC(=O)c1c[nH]c(Cc2ncc(F)cc2OC)c1. The lowest BCUT2D eigenvalue weighted by molar-refractivity contribution is 0.0601. The van der Waals surface area contributed by atoms with Gasteiger partial charge in [-0.15, -0.1) is 0 Å². The number of ether oxygens (including phenoxy) is 2. The molecule has 0 amide bonds. The van der Waals surface area contributed by atoms with E-state index in [-0.39, 0.29) is 0 Å². The van der Waals surface area contributed by atoms with E-state index in [0.29, 0.717) is 23.4 Å². The van der Waals surface area contributed by atoms with E-state index in [1.807, 2.05) is 0 Å². The van der Waals surface area contributed by atoms with Gasteiger partial charge in [0.1, 0.15) is 11.6 Å². The van der Waals surface area contributed by atoms with Gasteiger partial charge in [0.2, 0.25) is 0 Å². The van der Waals surface area contributed by atoms with Gasteiger partial charge in [0, 0.05) is 24.4 Å². The molecular weight excluding hydrogens is 251 g/mol. The summed E-state index contributed by atoms with van der Waals surface area (Å²) >= 11 is 0. The van der Waals surface area contributed by atoms with Crippen molar-refractivity contribution in [2.75, 3.05) is 14.2 Å². The molecule has 0 saturated heterocycles. The molecule has 0 saturated carbocycles. The van der Waals surface area contributed by atoms with Crippen molar-refractivity contribution in [2.45, 2.75) is 6.42 Å². The minimum Gasteiger partial charge on any atom is -0.495 e. The minimum absolute atomic E-state index is 0.370. The molecule has 0 bridgehead atoms. The molecule has 0 spiro atoms. The molecule has 0 aliphatic heterocycles. The Balaban J connectivity index is 2.21. The van der Waals surface area contributed by atoms with Crippen LogP contribution in [0.15, 0.2) is 24.5 Å². The maximum absolute atomic E-state index is 13.0. The van der Waals surface area contributed by atoms with Crippen LogP contribution in [0.2, 0.25) is 0 Å². The van der Waals surface area contributed by atoms with Crippen molar-refractivity contribution >= 4 is 5.97 Å². The van der Waals surface area contributed by atoms with Gasteiger partial charge >= 0.3 is 5.97 Å². The zero-order chi connectivity index (χ0) is 13.8. The predicted molar refractivity (Wildman–Crippen MR) is 65.7 cm³/mol. The number of aromatic amines is 1. The molecule has 1 N–H and O–H groups in total. The molecule has 0 aromatic carbocycles. The molecule has 2 heterocycles. The van der Waals surface area contributed by atoms with E-state index in [1.54, 1.807) is 12.3 Å². The largest absolute Gasteiger partial charge is 0.495 e. The lowest BCUT2D eigenvalue weighted by atomic mass is 10.2. The lowest BCUT2D eigenvalue weighted by Crippen LogP contribution is -1.99. The molecular formula is C13H13FN2O3. The first-order chi connectivity index (χ1) is 9.13. The third-order valence-corrected chi connectivity index (χ3v) is 2.64. The fourth-order valence-electron chi connectivity index (χ4n) is 1.72. The van der Waals surface area contributed by atoms with E-state index in [9.17, 15) is 9.18 Å². The van der Waals surface area contributed by atoms with Crippen LogP contribution in [-0.4, -0.2) is 30.2 Å². The number of nitrogens with one attached hydrogen (secondary N) is 1. The predicted octanol–water partition coefficient (Wildman–Crippen LogP) is 1.93. The number of rotatable bonds is 4. The van der Waals surface area contributed by atoms with Crippen molar-refractivity contribution in [3.63, 3.8) is 0 Å². The van der Waals surface area contributed by atoms with Crippen LogP contribution in [0, 0.1) is 5.82 Å². The van der Waals surface area contributed by atoms with Gasteiger partial charge in [-0.05, 0) is 6.07 Å². The summed E-state index contributed by atoms with van der Waals surface area (Å²) in [5, 5.41) is 0. The molecule has 2 aromatic rings. The van der Waals surface area contributed by atoms with Crippen molar-refractivity contribution in [3.8, 4) is 5.75 Å². The quantitative estimate of drug-likeness (QED) is 0.857. The van der Waals surface area contributed by atoms with Crippen molar-refractivity contribution in [3.05, 3.63) is 47.3 Å². The summed E-state index contributed by atoms with van der Waals surface area (Å²) in [4.78, 5) is 18.2. The Labute approximate surface area is 109 Å². The molecule has 2 rings (SSSR count). The van der Waals surface area contributed by atoms with Gasteiger partial charge < -0.3 is 14.5 Å².